The van der Waals surface area contributed by atoms with E-state index in [2.05, 4.69) is 29.1 Å². The SMILES string of the molecule is C=CCCCOC(=O)[C@H]1[C@H]2C(=O)N(CCCCO)C(C(=O)N(CC=C)c3ccc(OC)cc3)C23CC(Br)[C@@H]1O3. The number of fused-ring (bicyclic) bond motifs is 1. The Morgan fingerprint density at radius 3 is 2.62 bits per heavy atom. The number of nitrogens with zero attached hydrogens (tertiary/aromatic N) is 2. The lowest BCUT2D eigenvalue weighted by Gasteiger charge is -2.37. The van der Waals surface area contributed by atoms with Crippen molar-refractivity contribution in [2.75, 3.05) is 38.3 Å². The van der Waals surface area contributed by atoms with E-state index in [9.17, 15) is 19.5 Å². The molecule has 3 aliphatic heterocycles. The van der Waals surface area contributed by atoms with Gasteiger partial charge in [-0.1, -0.05) is 28.1 Å². The number of allylic oxidation sites excluding steroid dienone is 1. The van der Waals surface area contributed by atoms with E-state index >= 15 is 0 Å². The summed E-state index contributed by atoms with van der Waals surface area (Å²) in [5, 5.41) is 9.37. The monoisotopic (exact) mass is 604 g/mol. The zero-order chi connectivity index (χ0) is 28.2. The van der Waals surface area contributed by atoms with Crippen LogP contribution in [0.3, 0.4) is 0 Å². The average Bonchev–Trinajstić information content (AvgIpc) is 3.53. The van der Waals surface area contributed by atoms with Gasteiger partial charge in [0.1, 0.15) is 17.4 Å². The first-order chi connectivity index (χ1) is 18.8. The van der Waals surface area contributed by atoms with E-state index in [1.165, 1.54) is 0 Å². The molecule has 4 rings (SSSR count). The van der Waals surface area contributed by atoms with Gasteiger partial charge in [0.15, 0.2) is 0 Å². The molecule has 10 heteroatoms. The molecule has 212 valence electrons. The highest BCUT2D eigenvalue weighted by molar-refractivity contribution is 9.09. The lowest BCUT2D eigenvalue weighted by molar-refractivity contribution is -0.155. The van der Waals surface area contributed by atoms with Crippen molar-refractivity contribution in [1.82, 2.24) is 4.90 Å². The number of aliphatic hydroxyl groups is 1. The Balaban J connectivity index is 1.70. The van der Waals surface area contributed by atoms with Crippen LogP contribution in [0.25, 0.3) is 0 Å². The van der Waals surface area contributed by atoms with Crippen LogP contribution >= 0.6 is 15.9 Å². The van der Waals surface area contributed by atoms with E-state index in [1.54, 1.807) is 53.3 Å². The molecule has 6 atom stereocenters. The first-order valence-corrected chi connectivity index (χ1v) is 14.3. The summed E-state index contributed by atoms with van der Waals surface area (Å²) in [6.07, 6.45) is 5.57. The summed E-state index contributed by atoms with van der Waals surface area (Å²) in [6.45, 7) is 8.21. The van der Waals surface area contributed by atoms with Crippen LogP contribution in [0.4, 0.5) is 5.69 Å². The van der Waals surface area contributed by atoms with Crippen LogP contribution in [0.1, 0.15) is 32.1 Å². The van der Waals surface area contributed by atoms with E-state index in [1.807, 2.05) is 0 Å². The normalized spacial score (nSPS) is 28.7. The van der Waals surface area contributed by atoms with Gasteiger partial charge in [0.05, 0.1) is 31.7 Å². The topological polar surface area (TPSA) is 106 Å². The van der Waals surface area contributed by atoms with Crippen molar-refractivity contribution in [3.8, 4) is 5.75 Å². The third kappa shape index (κ3) is 5.38. The first-order valence-electron chi connectivity index (χ1n) is 13.4. The number of ether oxygens (including phenoxy) is 3. The Morgan fingerprint density at radius 2 is 1.97 bits per heavy atom. The second-order valence-corrected chi connectivity index (χ2v) is 11.3. The summed E-state index contributed by atoms with van der Waals surface area (Å²) in [5.41, 5.74) is -0.549. The molecule has 3 saturated heterocycles. The molecule has 2 bridgehead atoms. The van der Waals surface area contributed by atoms with E-state index in [-0.39, 0.29) is 42.9 Å². The number of alkyl halides is 1. The minimum absolute atomic E-state index is 0.0225. The van der Waals surface area contributed by atoms with E-state index in [4.69, 9.17) is 14.2 Å². The second-order valence-electron chi connectivity index (χ2n) is 10.2. The number of rotatable bonds is 14. The van der Waals surface area contributed by atoms with Crippen LogP contribution in [-0.4, -0.2) is 83.8 Å². The fourth-order valence-corrected chi connectivity index (χ4v) is 7.11. The Kier molecular flexibility index (Phi) is 9.51. The number of hydrogen-bond acceptors (Lipinski definition) is 7. The molecule has 39 heavy (non-hydrogen) atoms. The van der Waals surface area contributed by atoms with E-state index in [0.717, 1.165) is 0 Å². The zero-order valence-electron chi connectivity index (χ0n) is 22.3. The fraction of sp³-hybridized carbons (Fsp3) is 0.552. The van der Waals surface area contributed by atoms with Gasteiger partial charge in [-0.3, -0.25) is 14.4 Å². The highest BCUT2D eigenvalue weighted by Gasteiger charge is 2.77. The molecular formula is C29H37BrN2O7. The number of methoxy groups -OCH3 is 1. The molecule has 2 amide bonds. The number of likely N-dealkylation sites (tertiary alicyclic amines) is 1. The molecule has 3 heterocycles. The molecule has 3 fully saturated rings. The van der Waals surface area contributed by atoms with Gasteiger partial charge in [0, 0.05) is 30.2 Å². The van der Waals surface area contributed by atoms with Crippen LogP contribution in [0.2, 0.25) is 0 Å². The van der Waals surface area contributed by atoms with Gasteiger partial charge < -0.3 is 29.1 Å². The molecule has 1 N–H and O–H groups in total. The van der Waals surface area contributed by atoms with Crippen LogP contribution in [0, 0.1) is 11.8 Å². The molecule has 1 aromatic rings. The number of carbonyl (C=O) groups is 3. The van der Waals surface area contributed by atoms with Gasteiger partial charge in [-0.25, -0.2) is 0 Å². The number of halogens is 1. The highest BCUT2D eigenvalue weighted by atomic mass is 79.9. The standard InChI is InChI=1S/C29H37BrN2O7/c1-4-6-9-17-38-28(36)22-23-26(34)32(15-7-8-16-33)25(29(23)18-21(30)24(22)39-29)27(35)31(14-5-2)19-10-12-20(37-3)13-11-19/h4-5,10-13,21-25,33H,1-2,6-9,14-18H2,3H3/t21?,22-,23-,24-,25?,29?/m0/s1. The predicted molar refractivity (Wildman–Crippen MR) is 150 cm³/mol. The number of esters is 1. The Bertz CT molecular complexity index is 1080. The van der Waals surface area contributed by atoms with Crippen molar-refractivity contribution in [3.05, 3.63) is 49.6 Å². The van der Waals surface area contributed by atoms with Gasteiger partial charge in [-0.2, -0.15) is 0 Å². The number of benzene rings is 1. The third-order valence-corrected chi connectivity index (χ3v) is 8.71. The van der Waals surface area contributed by atoms with Crippen molar-refractivity contribution in [2.24, 2.45) is 11.8 Å². The van der Waals surface area contributed by atoms with E-state index in [0.29, 0.717) is 43.5 Å². The van der Waals surface area contributed by atoms with Crippen molar-refractivity contribution < 1.29 is 33.7 Å². The summed E-state index contributed by atoms with van der Waals surface area (Å²) in [5.74, 6) is -2.05. The van der Waals surface area contributed by atoms with Crippen LogP contribution in [0.15, 0.2) is 49.6 Å². The summed E-state index contributed by atoms with van der Waals surface area (Å²) in [6, 6.07) is 6.16. The number of hydrogen-bond donors (Lipinski definition) is 1. The lowest BCUT2D eigenvalue weighted by atomic mass is 9.70. The van der Waals surface area contributed by atoms with Crippen molar-refractivity contribution in [2.45, 2.75) is 54.7 Å². The van der Waals surface area contributed by atoms with Gasteiger partial charge in [-0.05, 0) is 56.4 Å². The first kappa shape index (κ1) is 29.3. The van der Waals surface area contributed by atoms with Crippen LogP contribution in [-0.2, 0) is 23.9 Å². The molecule has 0 saturated carbocycles. The minimum atomic E-state index is -1.18. The Labute approximate surface area is 237 Å². The molecule has 0 aromatic heterocycles. The predicted octanol–water partition coefficient (Wildman–Crippen LogP) is 3.24. The largest absolute Gasteiger partial charge is 0.497 e. The smallest absolute Gasteiger partial charge is 0.312 e. The molecule has 9 nitrogen and oxygen atoms in total. The quantitative estimate of drug-likeness (QED) is 0.150. The molecule has 1 aromatic carbocycles. The fourth-order valence-electron chi connectivity index (χ4n) is 6.17. The summed E-state index contributed by atoms with van der Waals surface area (Å²) < 4.78 is 17.4. The molecule has 0 radical (unpaired) electrons. The number of aliphatic hydroxyl groups excluding tert-OH is 1. The van der Waals surface area contributed by atoms with Gasteiger partial charge >= 0.3 is 5.97 Å². The van der Waals surface area contributed by atoms with Gasteiger partial charge in [-0.15, -0.1) is 13.2 Å². The number of amides is 2. The van der Waals surface area contributed by atoms with Crippen LogP contribution < -0.4 is 9.64 Å². The number of unbranched alkanes of at least 4 members (excludes halogenated alkanes) is 2. The zero-order valence-corrected chi connectivity index (χ0v) is 23.9. The van der Waals surface area contributed by atoms with E-state index < -0.39 is 35.6 Å². The Morgan fingerprint density at radius 1 is 1.23 bits per heavy atom. The third-order valence-electron chi connectivity index (χ3n) is 7.86. The molecule has 1 spiro atoms. The summed E-state index contributed by atoms with van der Waals surface area (Å²) in [7, 11) is 1.57. The Hall–Kier alpha value is -2.69. The average molecular weight is 606 g/mol. The molecule has 0 aliphatic carbocycles. The maximum absolute atomic E-state index is 14.4. The molecule has 3 unspecified atom stereocenters. The summed E-state index contributed by atoms with van der Waals surface area (Å²) >= 11 is 3.67. The molecule has 3 aliphatic rings. The van der Waals surface area contributed by atoms with Gasteiger partial charge in [0.2, 0.25) is 5.91 Å². The highest BCUT2D eigenvalue weighted by Crippen LogP contribution is 2.60. The van der Waals surface area contributed by atoms with Crippen molar-refractivity contribution >= 4 is 39.4 Å². The van der Waals surface area contributed by atoms with Crippen molar-refractivity contribution in [3.63, 3.8) is 0 Å². The van der Waals surface area contributed by atoms with Gasteiger partial charge in [0.25, 0.3) is 5.91 Å². The van der Waals surface area contributed by atoms with Crippen LogP contribution in [0.5, 0.6) is 5.75 Å². The molecular weight excluding hydrogens is 568 g/mol. The lowest BCUT2D eigenvalue weighted by Crippen LogP contribution is -2.57. The number of carbonyl (C=O) groups excluding carboxylic acids is 3. The second kappa shape index (κ2) is 12.7. The van der Waals surface area contributed by atoms with Crippen molar-refractivity contribution in [1.29, 1.82) is 0 Å². The minimum Gasteiger partial charge on any atom is -0.497 e. The maximum Gasteiger partial charge on any atom is 0.312 e. The number of anilines is 1. The summed E-state index contributed by atoms with van der Waals surface area (Å²) in [4.78, 5) is 44.7. The maximum atomic E-state index is 14.4.